The van der Waals surface area contributed by atoms with Gasteiger partial charge in [0, 0.05) is 18.0 Å². The molecule has 7 heteroatoms. The first kappa shape index (κ1) is 15.0. The molecule has 0 N–H and O–H groups in total. The third kappa shape index (κ3) is 3.35. The number of nitrogens with zero attached hydrogens (tertiary/aromatic N) is 5. The summed E-state index contributed by atoms with van der Waals surface area (Å²) in [5.41, 5.74) is 1.09. The largest absolute Gasteiger partial charge is 0.292 e. The van der Waals surface area contributed by atoms with Gasteiger partial charge in [-0.25, -0.2) is 4.68 Å². The SMILES string of the molecule is Cc1nnc(CN2CCCC2Cn2nc(C3CC3)ccc2=O)s1. The maximum atomic E-state index is 12.1. The molecule has 1 saturated heterocycles. The van der Waals surface area contributed by atoms with Gasteiger partial charge >= 0.3 is 0 Å². The number of aryl methyl sites for hydroxylation is 1. The first-order valence-corrected chi connectivity index (χ1v) is 9.12. The molecule has 122 valence electrons. The molecule has 6 nitrogen and oxygen atoms in total. The predicted octanol–water partition coefficient (Wildman–Crippen LogP) is 1.95. The summed E-state index contributed by atoms with van der Waals surface area (Å²) in [7, 11) is 0. The van der Waals surface area contributed by atoms with Crippen LogP contribution in [0, 0.1) is 6.92 Å². The molecular weight excluding hydrogens is 310 g/mol. The number of aromatic nitrogens is 4. The first-order valence-electron chi connectivity index (χ1n) is 8.30. The lowest BCUT2D eigenvalue weighted by molar-refractivity contribution is 0.215. The van der Waals surface area contributed by atoms with Gasteiger partial charge in [-0.15, -0.1) is 21.5 Å². The van der Waals surface area contributed by atoms with Gasteiger partial charge in [0.15, 0.2) is 0 Å². The van der Waals surface area contributed by atoms with Crippen LogP contribution in [0.3, 0.4) is 0 Å². The van der Waals surface area contributed by atoms with Gasteiger partial charge in [-0.1, -0.05) is 0 Å². The van der Waals surface area contributed by atoms with Crippen molar-refractivity contribution in [2.24, 2.45) is 0 Å². The van der Waals surface area contributed by atoms with Crippen LogP contribution in [0.15, 0.2) is 16.9 Å². The van der Waals surface area contributed by atoms with Crippen molar-refractivity contribution in [3.63, 3.8) is 0 Å². The van der Waals surface area contributed by atoms with Crippen LogP contribution < -0.4 is 5.56 Å². The lowest BCUT2D eigenvalue weighted by Crippen LogP contribution is -2.36. The zero-order chi connectivity index (χ0) is 15.8. The van der Waals surface area contributed by atoms with Crippen LogP contribution in [0.4, 0.5) is 0 Å². The summed E-state index contributed by atoms with van der Waals surface area (Å²) >= 11 is 1.65. The summed E-state index contributed by atoms with van der Waals surface area (Å²) in [5.74, 6) is 0.575. The standard InChI is InChI=1S/C16H21N5OS/c1-11-17-18-15(23-11)10-20-8-2-3-13(20)9-21-16(22)7-6-14(19-21)12-4-5-12/h6-7,12-13H,2-5,8-10H2,1H3. The fraction of sp³-hybridized carbons (Fsp3) is 0.625. The van der Waals surface area contributed by atoms with Gasteiger partial charge in [-0.3, -0.25) is 9.69 Å². The van der Waals surface area contributed by atoms with Crippen LogP contribution in [-0.2, 0) is 13.1 Å². The Morgan fingerprint density at radius 3 is 2.87 bits per heavy atom. The lowest BCUT2D eigenvalue weighted by atomic mass is 10.2. The van der Waals surface area contributed by atoms with Crippen molar-refractivity contribution in [1.29, 1.82) is 0 Å². The first-order chi connectivity index (χ1) is 11.2. The zero-order valence-electron chi connectivity index (χ0n) is 13.3. The molecule has 1 saturated carbocycles. The van der Waals surface area contributed by atoms with Crippen LogP contribution >= 0.6 is 11.3 Å². The molecule has 0 radical (unpaired) electrons. The Labute approximate surface area is 139 Å². The Morgan fingerprint density at radius 2 is 2.13 bits per heavy atom. The minimum absolute atomic E-state index is 0.00742. The molecule has 1 aliphatic carbocycles. The predicted molar refractivity (Wildman–Crippen MR) is 88.6 cm³/mol. The normalized spacial score (nSPS) is 21.9. The highest BCUT2D eigenvalue weighted by Crippen LogP contribution is 2.38. The van der Waals surface area contributed by atoms with Gasteiger partial charge in [0.2, 0.25) is 0 Å². The number of rotatable bonds is 5. The molecule has 1 atom stereocenters. The van der Waals surface area contributed by atoms with E-state index in [2.05, 4.69) is 20.2 Å². The lowest BCUT2D eigenvalue weighted by Gasteiger charge is -2.23. The Bertz CT molecular complexity index is 751. The molecular formula is C16H21N5OS. The summed E-state index contributed by atoms with van der Waals surface area (Å²) in [6, 6.07) is 3.93. The Kier molecular flexibility index (Phi) is 3.98. The fourth-order valence-corrected chi connectivity index (χ4v) is 4.01. The van der Waals surface area contributed by atoms with Crippen LogP contribution in [0.1, 0.15) is 47.3 Å². The second-order valence-electron chi connectivity index (χ2n) is 6.53. The van der Waals surface area contributed by atoms with Crippen molar-refractivity contribution in [2.75, 3.05) is 6.54 Å². The third-order valence-corrected chi connectivity index (χ3v) is 5.50. The molecule has 1 aliphatic heterocycles. The van der Waals surface area contributed by atoms with Gasteiger partial charge in [-0.2, -0.15) is 5.10 Å². The van der Waals surface area contributed by atoms with E-state index in [1.165, 1.54) is 19.3 Å². The van der Waals surface area contributed by atoms with Crippen molar-refractivity contribution in [3.05, 3.63) is 38.2 Å². The highest BCUT2D eigenvalue weighted by atomic mass is 32.1. The minimum Gasteiger partial charge on any atom is -0.292 e. The molecule has 0 amide bonds. The number of likely N-dealkylation sites (tertiary alicyclic amines) is 1. The Hall–Kier alpha value is -1.60. The summed E-state index contributed by atoms with van der Waals surface area (Å²) in [4.78, 5) is 14.5. The van der Waals surface area contributed by atoms with Crippen LogP contribution in [0.25, 0.3) is 0 Å². The average molecular weight is 331 g/mol. The van der Waals surface area contributed by atoms with Crippen LogP contribution in [0.5, 0.6) is 0 Å². The molecule has 2 fully saturated rings. The van der Waals surface area contributed by atoms with Crippen LogP contribution in [0.2, 0.25) is 0 Å². The van der Waals surface area contributed by atoms with Crippen molar-refractivity contribution in [1.82, 2.24) is 24.9 Å². The molecule has 0 aromatic carbocycles. The summed E-state index contributed by atoms with van der Waals surface area (Å²) in [5, 5.41) is 15.0. The Morgan fingerprint density at radius 1 is 1.26 bits per heavy atom. The van der Waals surface area contributed by atoms with E-state index >= 15 is 0 Å². The average Bonchev–Trinajstić information content (AvgIpc) is 3.18. The molecule has 0 spiro atoms. The van der Waals surface area contributed by atoms with Gasteiger partial charge in [0.25, 0.3) is 5.56 Å². The maximum Gasteiger partial charge on any atom is 0.266 e. The third-order valence-electron chi connectivity index (χ3n) is 4.67. The molecule has 4 rings (SSSR count). The molecule has 23 heavy (non-hydrogen) atoms. The summed E-state index contributed by atoms with van der Waals surface area (Å²) < 4.78 is 1.67. The number of hydrogen-bond donors (Lipinski definition) is 0. The van der Waals surface area contributed by atoms with E-state index in [0.717, 1.165) is 35.2 Å². The molecule has 3 heterocycles. The molecule has 0 bridgehead atoms. The van der Waals surface area contributed by atoms with E-state index in [1.807, 2.05) is 13.0 Å². The van der Waals surface area contributed by atoms with E-state index in [0.29, 0.717) is 18.5 Å². The minimum atomic E-state index is 0.00742. The van der Waals surface area contributed by atoms with Crippen molar-refractivity contribution in [2.45, 2.75) is 57.7 Å². The van der Waals surface area contributed by atoms with E-state index in [9.17, 15) is 4.79 Å². The number of hydrogen-bond acceptors (Lipinski definition) is 6. The van der Waals surface area contributed by atoms with Gasteiger partial charge in [-0.05, 0) is 45.2 Å². The second kappa shape index (κ2) is 6.13. The topological polar surface area (TPSA) is 63.9 Å². The van der Waals surface area contributed by atoms with Gasteiger partial charge in [0.05, 0.1) is 18.8 Å². The van der Waals surface area contributed by atoms with E-state index < -0.39 is 0 Å². The molecule has 2 aliphatic rings. The van der Waals surface area contributed by atoms with E-state index in [-0.39, 0.29) is 5.56 Å². The monoisotopic (exact) mass is 331 g/mol. The smallest absolute Gasteiger partial charge is 0.266 e. The Balaban J connectivity index is 1.48. The molecule has 2 aromatic heterocycles. The van der Waals surface area contributed by atoms with E-state index in [1.54, 1.807) is 22.1 Å². The van der Waals surface area contributed by atoms with Crippen LogP contribution in [-0.4, -0.2) is 37.5 Å². The second-order valence-corrected chi connectivity index (χ2v) is 7.80. The fourth-order valence-electron chi connectivity index (χ4n) is 3.28. The zero-order valence-corrected chi connectivity index (χ0v) is 14.1. The highest BCUT2D eigenvalue weighted by molar-refractivity contribution is 7.11. The van der Waals surface area contributed by atoms with Crippen molar-refractivity contribution in [3.8, 4) is 0 Å². The van der Waals surface area contributed by atoms with Gasteiger partial charge in [0.1, 0.15) is 10.0 Å². The molecule has 1 unspecified atom stereocenters. The maximum absolute atomic E-state index is 12.1. The van der Waals surface area contributed by atoms with Gasteiger partial charge < -0.3 is 0 Å². The quantitative estimate of drug-likeness (QED) is 0.838. The van der Waals surface area contributed by atoms with E-state index in [4.69, 9.17) is 0 Å². The van der Waals surface area contributed by atoms with Crippen molar-refractivity contribution >= 4 is 11.3 Å². The van der Waals surface area contributed by atoms with Crippen molar-refractivity contribution < 1.29 is 0 Å². The summed E-state index contributed by atoms with van der Waals surface area (Å²) in [6.45, 7) is 4.54. The molecule has 2 aromatic rings. The highest BCUT2D eigenvalue weighted by Gasteiger charge is 2.28. The summed E-state index contributed by atoms with van der Waals surface area (Å²) in [6.07, 6.45) is 4.69.